The number of piperidine rings is 1. The lowest BCUT2D eigenvalue weighted by Crippen LogP contribution is -2.47. The molecule has 136 valence electrons. The molecule has 5 heteroatoms. The molecule has 0 N–H and O–H groups in total. The van der Waals surface area contributed by atoms with Gasteiger partial charge < -0.3 is 19.0 Å². The molecule has 0 aliphatic carbocycles. The first-order valence-corrected chi connectivity index (χ1v) is 8.99. The monoisotopic (exact) mass is 344 g/mol. The number of benzene rings is 1. The van der Waals surface area contributed by atoms with E-state index in [0.717, 1.165) is 42.5 Å². The first-order chi connectivity index (χ1) is 12.0. The van der Waals surface area contributed by atoms with Gasteiger partial charge in [-0.15, -0.1) is 0 Å². The molecule has 2 heterocycles. The molecular weight excluding hydrogens is 316 g/mol. The molecule has 0 atom stereocenters. The van der Waals surface area contributed by atoms with Gasteiger partial charge in [0.2, 0.25) is 0 Å². The molecule has 0 spiro atoms. The number of rotatable bonds is 5. The normalized spacial score (nSPS) is 16.5. The summed E-state index contributed by atoms with van der Waals surface area (Å²) in [7, 11) is 3.80. The lowest BCUT2D eigenvalue weighted by atomic mass is 10.0. The number of methoxy groups -OCH3 is 1. The largest absolute Gasteiger partial charge is 0.451 e. The quantitative estimate of drug-likeness (QED) is 0.835. The molecule has 2 aromatic rings. The third-order valence-corrected chi connectivity index (χ3v) is 5.21. The summed E-state index contributed by atoms with van der Waals surface area (Å²) in [5.41, 5.74) is 2.88. The van der Waals surface area contributed by atoms with Crippen LogP contribution in [0.5, 0.6) is 0 Å². The number of ether oxygens (including phenoxy) is 1. The van der Waals surface area contributed by atoms with Crippen LogP contribution in [0.25, 0.3) is 11.0 Å². The summed E-state index contributed by atoms with van der Waals surface area (Å²) in [6.45, 7) is 7.19. The molecule has 0 bridgehead atoms. The Morgan fingerprint density at radius 1 is 1.32 bits per heavy atom. The number of nitrogens with zero attached hydrogens (tertiary/aromatic N) is 2. The molecule has 1 fully saturated rings. The Labute approximate surface area is 149 Å². The maximum Gasteiger partial charge on any atom is 0.290 e. The number of likely N-dealkylation sites (tertiary alicyclic amines) is 1. The predicted molar refractivity (Wildman–Crippen MR) is 99.1 cm³/mol. The van der Waals surface area contributed by atoms with Crippen LogP contribution in [0.3, 0.4) is 0 Å². The van der Waals surface area contributed by atoms with E-state index in [1.807, 2.05) is 24.0 Å². The fourth-order valence-electron chi connectivity index (χ4n) is 3.62. The number of aryl methyl sites for hydroxylation is 2. The van der Waals surface area contributed by atoms with Crippen molar-refractivity contribution in [1.29, 1.82) is 0 Å². The number of carbonyl (C=O) groups is 1. The Hall–Kier alpha value is -1.85. The minimum atomic E-state index is -0.0158. The molecule has 1 saturated heterocycles. The molecule has 25 heavy (non-hydrogen) atoms. The van der Waals surface area contributed by atoms with Crippen molar-refractivity contribution in [2.45, 2.75) is 32.7 Å². The zero-order valence-corrected chi connectivity index (χ0v) is 15.7. The smallest absolute Gasteiger partial charge is 0.290 e. The Morgan fingerprint density at radius 2 is 2.04 bits per heavy atom. The number of carbonyl (C=O) groups excluding carboxylic acids is 1. The minimum Gasteiger partial charge on any atom is -0.451 e. The average Bonchev–Trinajstić information content (AvgIpc) is 2.93. The van der Waals surface area contributed by atoms with Gasteiger partial charge in [0, 0.05) is 30.6 Å². The van der Waals surface area contributed by atoms with Crippen molar-refractivity contribution in [1.82, 2.24) is 9.80 Å². The maximum absolute atomic E-state index is 13.3. The maximum atomic E-state index is 13.3. The summed E-state index contributed by atoms with van der Waals surface area (Å²) < 4.78 is 11.2. The van der Waals surface area contributed by atoms with Gasteiger partial charge in [0.15, 0.2) is 5.76 Å². The summed E-state index contributed by atoms with van der Waals surface area (Å²) >= 11 is 0. The summed E-state index contributed by atoms with van der Waals surface area (Å²) in [6.07, 6.45) is 1.98. The van der Waals surface area contributed by atoms with Gasteiger partial charge in [-0.1, -0.05) is 11.6 Å². The Balaban J connectivity index is 1.90. The molecule has 1 aromatic heterocycles. The molecule has 1 aliphatic rings. The van der Waals surface area contributed by atoms with E-state index in [0.29, 0.717) is 18.9 Å². The van der Waals surface area contributed by atoms with Gasteiger partial charge in [-0.2, -0.15) is 0 Å². The van der Waals surface area contributed by atoms with Crippen LogP contribution in [0.15, 0.2) is 22.6 Å². The molecule has 5 nitrogen and oxygen atoms in total. The Bertz CT molecular complexity index is 745. The van der Waals surface area contributed by atoms with Crippen molar-refractivity contribution >= 4 is 16.9 Å². The highest BCUT2D eigenvalue weighted by Crippen LogP contribution is 2.28. The second-order valence-corrected chi connectivity index (χ2v) is 7.08. The van der Waals surface area contributed by atoms with E-state index >= 15 is 0 Å². The van der Waals surface area contributed by atoms with Gasteiger partial charge in [0.25, 0.3) is 5.91 Å². The van der Waals surface area contributed by atoms with Crippen LogP contribution < -0.4 is 0 Å². The van der Waals surface area contributed by atoms with Gasteiger partial charge in [0.05, 0.1) is 6.61 Å². The van der Waals surface area contributed by atoms with Crippen molar-refractivity contribution in [2.24, 2.45) is 0 Å². The van der Waals surface area contributed by atoms with E-state index < -0.39 is 0 Å². The number of furan rings is 1. The van der Waals surface area contributed by atoms with Crippen molar-refractivity contribution in [2.75, 3.05) is 40.4 Å². The van der Waals surface area contributed by atoms with Crippen LogP contribution in [0, 0.1) is 13.8 Å². The second kappa shape index (κ2) is 7.58. The van der Waals surface area contributed by atoms with Crippen LogP contribution in [0.4, 0.5) is 0 Å². The standard InChI is InChI=1S/C20H28N2O3/c1-14-5-6-18-17(13-14)15(2)19(25-18)20(23)22(11-12-24-4)16-7-9-21(3)10-8-16/h5-6,13,16H,7-12H2,1-4H3. The van der Waals surface area contributed by atoms with Gasteiger partial charge in [-0.25, -0.2) is 0 Å². The zero-order valence-electron chi connectivity index (χ0n) is 15.7. The van der Waals surface area contributed by atoms with E-state index in [-0.39, 0.29) is 11.9 Å². The Morgan fingerprint density at radius 3 is 2.72 bits per heavy atom. The highest BCUT2D eigenvalue weighted by atomic mass is 16.5. The molecule has 0 radical (unpaired) electrons. The van der Waals surface area contributed by atoms with Gasteiger partial charge in [-0.05, 0) is 59.0 Å². The van der Waals surface area contributed by atoms with Gasteiger partial charge in [0.1, 0.15) is 5.58 Å². The van der Waals surface area contributed by atoms with E-state index in [9.17, 15) is 4.79 Å². The van der Waals surface area contributed by atoms with E-state index in [1.54, 1.807) is 7.11 Å². The molecule has 1 amide bonds. The van der Waals surface area contributed by atoms with Crippen LogP contribution in [0.1, 0.15) is 34.5 Å². The van der Waals surface area contributed by atoms with E-state index in [4.69, 9.17) is 9.15 Å². The molecule has 3 rings (SSSR count). The van der Waals surface area contributed by atoms with Gasteiger partial charge in [-0.3, -0.25) is 4.79 Å². The topological polar surface area (TPSA) is 45.9 Å². The second-order valence-electron chi connectivity index (χ2n) is 7.08. The minimum absolute atomic E-state index is 0.0158. The zero-order chi connectivity index (χ0) is 18.0. The molecule has 0 saturated carbocycles. The lowest BCUT2D eigenvalue weighted by molar-refractivity contribution is 0.0477. The molecular formula is C20H28N2O3. The number of fused-ring (bicyclic) bond motifs is 1. The van der Waals surface area contributed by atoms with Crippen molar-refractivity contribution < 1.29 is 13.9 Å². The summed E-state index contributed by atoms with van der Waals surface area (Å²) in [5.74, 6) is 0.452. The summed E-state index contributed by atoms with van der Waals surface area (Å²) in [5, 5.41) is 1.03. The number of amides is 1. The third kappa shape index (κ3) is 3.72. The fraction of sp³-hybridized carbons (Fsp3) is 0.550. The van der Waals surface area contributed by atoms with E-state index in [1.165, 1.54) is 5.56 Å². The van der Waals surface area contributed by atoms with Crippen molar-refractivity contribution in [3.63, 3.8) is 0 Å². The highest BCUT2D eigenvalue weighted by molar-refractivity contribution is 5.99. The predicted octanol–water partition coefficient (Wildman–Crippen LogP) is 3.23. The number of hydrogen-bond donors (Lipinski definition) is 0. The van der Waals surface area contributed by atoms with Crippen LogP contribution in [0.2, 0.25) is 0 Å². The number of hydrogen-bond acceptors (Lipinski definition) is 4. The van der Waals surface area contributed by atoms with Crippen LogP contribution in [-0.2, 0) is 4.74 Å². The SMILES string of the molecule is COCCN(C(=O)c1oc2ccc(C)cc2c1C)C1CCN(C)CC1. The summed E-state index contributed by atoms with van der Waals surface area (Å²) in [4.78, 5) is 17.5. The summed E-state index contributed by atoms with van der Waals surface area (Å²) in [6, 6.07) is 6.29. The average molecular weight is 344 g/mol. The first-order valence-electron chi connectivity index (χ1n) is 8.99. The third-order valence-electron chi connectivity index (χ3n) is 5.21. The highest BCUT2D eigenvalue weighted by Gasteiger charge is 2.30. The lowest BCUT2D eigenvalue weighted by Gasteiger charge is -2.37. The van der Waals surface area contributed by atoms with Crippen LogP contribution >= 0.6 is 0 Å². The molecule has 1 aromatic carbocycles. The Kier molecular flexibility index (Phi) is 5.45. The first kappa shape index (κ1) is 18.0. The van der Waals surface area contributed by atoms with Gasteiger partial charge >= 0.3 is 0 Å². The van der Waals surface area contributed by atoms with Crippen molar-refractivity contribution in [3.05, 3.63) is 35.1 Å². The van der Waals surface area contributed by atoms with Crippen LogP contribution in [-0.4, -0.2) is 62.1 Å². The molecule has 1 aliphatic heterocycles. The van der Waals surface area contributed by atoms with E-state index in [2.05, 4.69) is 24.9 Å². The van der Waals surface area contributed by atoms with Crippen molar-refractivity contribution in [3.8, 4) is 0 Å². The fourth-order valence-corrected chi connectivity index (χ4v) is 3.62. The molecule has 0 unspecified atom stereocenters.